The molecular weight excluding hydrogens is 367 g/mol. The van der Waals surface area contributed by atoms with E-state index in [2.05, 4.69) is 20.5 Å². The number of nitrogens with zero attached hydrogens (tertiary/aromatic N) is 3. The van der Waals surface area contributed by atoms with Crippen LogP contribution in [0.4, 0.5) is 6.01 Å². The van der Waals surface area contributed by atoms with Gasteiger partial charge >= 0.3 is 6.01 Å². The first-order valence-corrected chi connectivity index (χ1v) is 8.37. The van der Waals surface area contributed by atoms with Crippen molar-refractivity contribution in [2.75, 3.05) is 5.32 Å². The number of rotatable bonds is 3. The molecule has 1 amide bonds. The zero-order valence-electron chi connectivity index (χ0n) is 11.3. The minimum atomic E-state index is -0.458. The molecule has 3 aromatic rings. The first-order valence-electron chi connectivity index (χ1n) is 5.98. The Morgan fingerprint density at radius 2 is 2.05 bits per heavy atom. The van der Waals surface area contributed by atoms with Gasteiger partial charge in [-0.3, -0.25) is 10.1 Å². The fourth-order valence-electron chi connectivity index (χ4n) is 1.75. The Kier molecular flexibility index (Phi) is 4.18. The molecule has 0 aliphatic rings. The number of thiazole rings is 1. The van der Waals surface area contributed by atoms with Gasteiger partial charge in [-0.2, -0.15) is 0 Å². The Labute approximate surface area is 143 Å². The molecule has 3 aromatic heterocycles. The summed E-state index contributed by atoms with van der Waals surface area (Å²) in [6.45, 7) is 3.75. The summed E-state index contributed by atoms with van der Waals surface area (Å²) in [5, 5.41) is 11.1. The van der Waals surface area contributed by atoms with Crippen LogP contribution in [0.2, 0.25) is 8.67 Å². The van der Waals surface area contributed by atoms with E-state index in [-0.39, 0.29) is 11.6 Å². The fraction of sp³-hybridized carbons (Fsp3) is 0.167. The molecule has 0 aliphatic heterocycles. The van der Waals surface area contributed by atoms with E-state index < -0.39 is 5.91 Å². The monoisotopic (exact) mass is 374 g/mol. The van der Waals surface area contributed by atoms with E-state index in [4.69, 9.17) is 27.6 Å². The SMILES string of the molecule is Cc1nc(C)c(-c2nnc(NC(=O)c3cc(Cl)sc3Cl)o2)s1. The highest BCUT2D eigenvalue weighted by Gasteiger charge is 2.19. The molecule has 0 aliphatic carbocycles. The molecule has 10 heteroatoms. The van der Waals surface area contributed by atoms with Gasteiger partial charge in [-0.1, -0.05) is 28.3 Å². The van der Waals surface area contributed by atoms with E-state index >= 15 is 0 Å². The summed E-state index contributed by atoms with van der Waals surface area (Å²) in [4.78, 5) is 17.2. The third-order valence-electron chi connectivity index (χ3n) is 2.64. The Hall–Kier alpha value is -1.48. The first-order chi connectivity index (χ1) is 10.4. The van der Waals surface area contributed by atoms with Crippen LogP contribution in [-0.2, 0) is 0 Å². The van der Waals surface area contributed by atoms with Gasteiger partial charge in [0.2, 0.25) is 0 Å². The smallest absolute Gasteiger partial charge is 0.322 e. The predicted molar refractivity (Wildman–Crippen MR) is 87.2 cm³/mol. The van der Waals surface area contributed by atoms with Crippen molar-refractivity contribution in [1.29, 1.82) is 0 Å². The lowest BCUT2D eigenvalue weighted by molar-refractivity contribution is 0.102. The standard InChI is InChI=1S/C12H8Cl2N4O2S2/c1-4-8(21-5(2)15-4)11-17-18-12(20-11)16-10(19)6-3-7(13)22-9(6)14/h3H,1-2H3,(H,16,18,19). The van der Waals surface area contributed by atoms with Crippen molar-refractivity contribution in [3.63, 3.8) is 0 Å². The average molecular weight is 375 g/mol. The third-order valence-corrected chi connectivity index (χ3v) is 5.19. The van der Waals surface area contributed by atoms with Crippen LogP contribution in [0, 0.1) is 13.8 Å². The maximum Gasteiger partial charge on any atom is 0.322 e. The normalized spacial score (nSPS) is 10.9. The van der Waals surface area contributed by atoms with Gasteiger partial charge in [-0.05, 0) is 19.9 Å². The van der Waals surface area contributed by atoms with Gasteiger partial charge in [0, 0.05) is 0 Å². The van der Waals surface area contributed by atoms with Crippen molar-refractivity contribution >= 4 is 57.8 Å². The number of carbonyl (C=O) groups excluding carboxylic acids is 1. The number of hydrogen-bond donors (Lipinski definition) is 1. The number of halogens is 2. The van der Waals surface area contributed by atoms with Gasteiger partial charge in [-0.25, -0.2) is 4.98 Å². The highest BCUT2D eigenvalue weighted by atomic mass is 35.5. The van der Waals surface area contributed by atoms with Crippen LogP contribution in [0.25, 0.3) is 10.8 Å². The molecule has 0 saturated heterocycles. The van der Waals surface area contributed by atoms with Crippen LogP contribution in [-0.4, -0.2) is 21.1 Å². The van der Waals surface area contributed by atoms with Gasteiger partial charge in [0.05, 0.1) is 20.6 Å². The number of nitrogens with one attached hydrogen (secondary N) is 1. The van der Waals surface area contributed by atoms with Gasteiger partial charge < -0.3 is 4.42 Å². The molecule has 0 spiro atoms. The number of hydrogen-bond acceptors (Lipinski definition) is 7. The lowest BCUT2D eigenvalue weighted by Gasteiger charge is -1.97. The molecule has 22 heavy (non-hydrogen) atoms. The van der Waals surface area contributed by atoms with E-state index in [1.807, 2.05) is 13.8 Å². The lowest BCUT2D eigenvalue weighted by atomic mass is 10.3. The second-order valence-corrected chi connectivity index (χ2v) is 7.74. The second kappa shape index (κ2) is 5.96. The summed E-state index contributed by atoms with van der Waals surface area (Å²) >= 11 is 14.3. The Morgan fingerprint density at radius 1 is 1.27 bits per heavy atom. The fourth-order valence-corrected chi connectivity index (χ4v) is 4.05. The van der Waals surface area contributed by atoms with E-state index in [0.29, 0.717) is 14.6 Å². The quantitative estimate of drug-likeness (QED) is 0.732. The van der Waals surface area contributed by atoms with E-state index in [1.165, 1.54) is 17.4 Å². The zero-order valence-corrected chi connectivity index (χ0v) is 14.5. The number of carbonyl (C=O) groups is 1. The molecule has 0 saturated carbocycles. The molecular formula is C12H8Cl2N4O2S2. The van der Waals surface area contributed by atoms with Crippen LogP contribution in [0.15, 0.2) is 10.5 Å². The van der Waals surface area contributed by atoms with Gasteiger partial charge in [0.15, 0.2) is 0 Å². The molecule has 0 bridgehead atoms. The number of aryl methyl sites for hydroxylation is 2. The average Bonchev–Trinajstić information content (AvgIpc) is 3.10. The molecule has 114 valence electrons. The number of amides is 1. The summed E-state index contributed by atoms with van der Waals surface area (Å²) in [5.74, 6) is -0.145. The molecule has 3 rings (SSSR count). The van der Waals surface area contributed by atoms with Crippen LogP contribution in [0.5, 0.6) is 0 Å². The molecule has 0 unspecified atom stereocenters. The summed E-state index contributed by atoms with van der Waals surface area (Å²) in [6.07, 6.45) is 0. The largest absolute Gasteiger partial charge is 0.402 e. The number of thiophene rings is 1. The maximum atomic E-state index is 12.1. The third kappa shape index (κ3) is 3.00. The summed E-state index contributed by atoms with van der Waals surface area (Å²) in [7, 11) is 0. The number of aromatic nitrogens is 3. The second-order valence-electron chi connectivity index (χ2n) is 4.25. The van der Waals surface area contributed by atoms with E-state index in [1.54, 1.807) is 0 Å². The van der Waals surface area contributed by atoms with Crippen molar-refractivity contribution in [3.05, 3.63) is 31.0 Å². The van der Waals surface area contributed by atoms with Crippen molar-refractivity contribution in [2.24, 2.45) is 0 Å². The van der Waals surface area contributed by atoms with Crippen molar-refractivity contribution in [1.82, 2.24) is 15.2 Å². The Morgan fingerprint density at radius 3 is 2.64 bits per heavy atom. The van der Waals surface area contributed by atoms with Crippen molar-refractivity contribution < 1.29 is 9.21 Å². The van der Waals surface area contributed by atoms with Crippen molar-refractivity contribution in [3.8, 4) is 10.8 Å². The minimum Gasteiger partial charge on any atom is -0.402 e. The first kappa shape index (κ1) is 15.4. The van der Waals surface area contributed by atoms with Crippen LogP contribution in [0.3, 0.4) is 0 Å². The van der Waals surface area contributed by atoms with E-state index in [9.17, 15) is 4.79 Å². The van der Waals surface area contributed by atoms with Gasteiger partial charge in [0.1, 0.15) is 9.21 Å². The highest BCUT2D eigenvalue weighted by Crippen LogP contribution is 2.32. The lowest BCUT2D eigenvalue weighted by Crippen LogP contribution is -2.11. The van der Waals surface area contributed by atoms with E-state index in [0.717, 1.165) is 26.9 Å². The Bertz CT molecular complexity index is 855. The van der Waals surface area contributed by atoms with Crippen molar-refractivity contribution in [2.45, 2.75) is 13.8 Å². The van der Waals surface area contributed by atoms with Gasteiger partial charge in [0.25, 0.3) is 11.8 Å². The Balaban J connectivity index is 1.81. The molecule has 0 aromatic carbocycles. The molecule has 0 fully saturated rings. The van der Waals surface area contributed by atoms with Gasteiger partial charge in [-0.15, -0.1) is 27.8 Å². The topological polar surface area (TPSA) is 80.9 Å². The molecule has 0 radical (unpaired) electrons. The van der Waals surface area contributed by atoms with Crippen LogP contribution < -0.4 is 5.32 Å². The maximum absolute atomic E-state index is 12.1. The predicted octanol–water partition coefficient (Wildman–Crippen LogP) is 4.43. The zero-order chi connectivity index (χ0) is 15.9. The summed E-state index contributed by atoms with van der Waals surface area (Å²) in [6, 6.07) is 1.47. The molecule has 3 heterocycles. The van der Waals surface area contributed by atoms with Crippen LogP contribution >= 0.6 is 45.9 Å². The molecule has 6 nitrogen and oxygen atoms in total. The summed E-state index contributed by atoms with van der Waals surface area (Å²) in [5.41, 5.74) is 1.07. The molecule has 1 N–H and O–H groups in total. The van der Waals surface area contributed by atoms with Crippen LogP contribution in [0.1, 0.15) is 21.1 Å². The minimum absolute atomic E-state index is 0.0103. The number of anilines is 1. The molecule has 0 atom stereocenters. The highest BCUT2D eigenvalue weighted by molar-refractivity contribution is 7.20. The summed E-state index contributed by atoms with van der Waals surface area (Å²) < 4.78 is 6.18.